The molecule has 4 rings (SSSR count). The maximum Gasteiger partial charge on any atom is 0.257 e. The molecule has 3 aromatic rings. The molecule has 0 fully saturated rings. The van der Waals surface area contributed by atoms with Crippen molar-refractivity contribution in [3.05, 3.63) is 53.5 Å². The number of carbonyl (C=O) groups excluding carboxylic acids is 2. The number of thioether (sulfide) groups is 1. The molecule has 2 amide bonds. The summed E-state index contributed by atoms with van der Waals surface area (Å²) >= 11 is 2.82. The van der Waals surface area contributed by atoms with Gasteiger partial charge in [-0.2, -0.15) is 0 Å². The Balaban J connectivity index is 1.52. The molecule has 0 unspecified atom stereocenters. The molecule has 8 heteroatoms. The van der Waals surface area contributed by atoms with Crippen molar-refractivity contribution < 1.29 is 9.59 Å². The third-order valence-electron chi connectivity index (χ3n) is 3.82. The van der Waals surface area contributed by atoms with E-state index < -0.39 is 0 Å². The summed E-state index contributed by atoms with van der Waals surface area (Å²) in [6.45, 7) is 1.85. The zero-order valence-electron chi connectivity index (χ0n) is 13.7. The Morgan fingerprint density at radius 3 is 2.92 bits per heavy atom. The molecule has 1 aliphatic rings. The molecule has 6 nitrogen and oxygen atoms in total. The SMILES string of the molecule is C[C@H]1Sc2ccc(C(=O)Nc3nc(-c4ccccn4)cs3)cc2NC1=O. The fourth-order valence-electron chi connectivity index (χ4n) is 2.48. The van der Waals surface area contributed by atoms with Gasteiger partial charge in [-0.25, -0.2) is 4.98 Å². The highest BCUT2D eigenvalue weighted by molar-refractivity contribution is 8.00. The molecule has 130 valence electrons. The lowest BCUT2D eigenvalue weighted by atomic mass is 10.2. The van der Waals surface area contributed by atoms with E-state index in [9.17, 15) is 9.59 Å². The number of anilines is 2. The van der Waals surface area contributed by atoms with Crippen molar-refractivity contribution in [3.8, 4) is 11.4 Å². The van der Waals surface area contributed by atoms with Crippen LogP contribution in [0.1, 0.15) is 17.3 Å². The van der Waals surface area contributed by atoms with Gasteiger partial charge in [0, 0.05) is 22.0 Å². The molecule has 0 saturated heterocycles. The number of fused-ring (bicyclic) bond motifs is 1. The van der Waals surface area contributed by atoms with Crippen LogP contribution in [-0.2, 0) is 4.79 Å². The molecule has 1 aliphatic heterocycles. The smallest absolute Gasteiger partial charge is 0.257 e. The lowest BCUT2D eigenvalue weighted by Gasteiger charge is -2.21. The first-order chi connectivity index (χ1) is 12.6. The van der Waals surface area contributed by atoms with Crippen molar-refractivity contribution >= 4 is 45.7 Å². The molecule has 2 aromatic heterocycles. The normalized spacial score (nSPS) is 15.9. The number of benzene rings is 1. The van der Waals surface area contributed by atoms with E-state index in [1.165, 1.54) is 23.1 Å². The van der Waals surface area contributed by atoms with Crippen molar-refractivity contribution in [1.82, 2.24) is 9.97 Å². The van der Waals surface area contributed by atoms with Gasteiger partial charge in [0.1, 0.15) is 5.69 Å². The predicted molar refractivity (Wildman–Crippen MR) is 104 cm³/mol. The Labute approximate surface area is 158 Å². The number of pyridine rings is 1. The van der Waals surface area contributed by atoms with Gasteiger partial charge >= 0.3 is 0 Å². The van der Waals surface area contributed by atoms with E-state index in [1.807, 2.05) is 36.6 Å². The number of thiazole rings is 1. The Bertz CT molecular complexity index is 988. The molecule has 0 saturated carbocycles. The monoisotopic (exact) mass is 382 g/mol. The topological polar surface area (TPSA) is 84.0 Å². The van der Waals surface area contributed by atoms with E-state index in [1.54, 1.807) is 18.3 Å². The van der Waals surface area contributed by atoms with E-state index in [0.717, 1.165) is 10.6 Å². The molecule has 0 spiro atoms. The van der Waals surface area contributed by atoms with Crippen LogP contribution in [0.4, 0.5) is 10.8 Å². The molecule has 0 aliphatic carbocycles. The number of nitrogens with one attached hydrogen (secondary N) is 2. The molecule has 1 atom stereocenters. The largest absolute Gasteiger partial charge is 0.324 e. The summed E-state index contributed by atoms with van der Waals surface area (Å²) in [4.78, 5) is 33.9. The average Bonchev–Trinajstić information content (AvgIpc) is 3.11. The second-order valence-electron chi connectivity index (χ2n) is 5.67. The van der Waals surface area contributed by atoms with Crippen LogP contribution >= 0.6 is 23.1 Å². The highest BCUT2D eigenvalue weighted by Crippen LogP contribution is 2.36. The minimum Gasteiger partial charge on any atom is -0.324 e. The van der Waals surface area contributed by atoms with Gasteiger partial charge in [0.25, 0.3) is 5.91 Å². The zero-order valence-corrected chi connectivity index (χ0v) is 15.4. The molecule has 0 bridgehead atoms. The Hall–Kier alpha value is -2.71. The summed E-state index contributed by atoms with van der Waals surface area (Å²) < 4.78 is 0. The molecule has 26 heavy (non-hydrogen) atoms. The Morgan fingerprint density at radius 2 is 2.12 bits per heavy atom. The van der Waals surface area contributed by atoms with Crippen molar-refractivity contribution in [2.24, 2.45) is 0 Å². The predicted octanol–water partition coefficient (Wildman–Crippen LogP) is 3.89. The fraction of sp³-hybridized carbons (Fsp3) is 0.111. The highest BCUT2D eigenvalue weighted by Gasteiger charge is 2.24. The summed E-state index contributed by atoms with van der Waals surface area (Å²) in [5.74, 6) is -0.326. The number of hydrogen-bond acceptors (Lipinski definition) is 6. The van der Waals surface area contributed by atoms with Crippen LogP contribution in [0.2, 0.25) is 0 Å². The first-order valence-electron chi connectivity index (χ1n) is 7.90. The Morgan fingerprint density at radius 1 is 1.23 bits per heavy atom. The molecular formula is C18H14N4O2S2. The van der Waals surface area contributed by atoms with Crippen molar-refractivity contribution in [1.29, 1.82) is 0 Å². The van der Waals surface area contributed by atoms with Crippen LogP contribution in [0.15, 0.2) is 52.9 Å². The number of nitrogens with zero attached hydrogens (tertiary/aromatic N) is 2. The Kier molecular flexibility index (Phi) is 4.44. The number of rotatable bonds is 3. The summed E-state index contributed by atoms with van der Waals surface area (Å²) in [5, 5.41) is 7.84. The van der Waals surface area contributed by atoms with Gasteiger partial charge in [-0.1, -0.05) is 6.07 Å². The van der Waals surface area contributed by atoms with Gasteiger partial charge < -0.3 is 5.32 Å². The van der Waals surface area contributed by atoms with E-state index in [0.29, 0.717) is 22.1 Å². The molecule has 1 aromatic carbocycles. The lowest BCUT2D eigenvalue weighted by molar-refractivity contribution is -0.115. The number of amides is 2. The maximum absolute atomic E-state index is 12.5. The second-order valence-corrected chi connectivity index (χ2v) is 7.91. The minimum absolute atomic E-state index is 0.0556. The number of hydrogen-bond donors (Lipinski definition) is 2. The summed E-state index contributed by atoms with van der Waals surface area (Å²) in [7, 11) is 0. The van der Waals surface area contributed by atoms with Gasteiger partial charge in [-0.3, -0.25) is 19.9 Å². The van der Waals surface area contributed by atoms with Crippen LogP contribution in [0.3, 0.4) is 0 Å². The van der Waals surface area contributed by atoms with E-state index in [-0.39, 0.29) is 17.1 Å². The second kappa shape index (κ2) is 6.89. The number of aromatic nitrogens is 2. The minimum atomic E-state index is -0.271. The molecule has 0 radical (unpaired) electrons. The molecule has 2 N–H and O–H groups in total. The maximum atomic E-state index is 12.5. The van der Waals surface area contributed by atoms with Gasteiger partial charge in [-0.15, -0.1) is 23.1 Å². The third kappa shape index (κ3) is 3.33. The van der Waals surface area contributed by atoms with Gasteiger partial charge in [0.2, 0.25) is 5.91 Å². The third-order valence-corrected chi connectivity index (χ3v) is 5.76. The van der Waals surface area contributed by atoms with Crippen LogP contribution in [0.5, 0.6) is 0 Å². The van der Waals surface area contributed by atoms with Crippen molar-refractivity contribution in [3.63, 3.8) is 0 Å². The van der Waals surface area contributed by atoms with Gasteiger partial charge in [0.15, 0.2) is 5.13 Å². The van der Waals surface area contributed by atoms with Crippen molar-refractivity contribution in [2.75, 3.05) is 10.6 Å². The van der Waals surface area contributed by atoms with Gasteiger partial charge in [0.05, 0.1) is 16.6 Å². The zero-order chi connectivity index (χ0) is 18.1. The van der Waals surface area contributed by atoms with Crippen LogP contribution in [0, 0.1) is 0 Å². The molecule has 3 heterocycles. The van der Waals surface area contributed by atoms with E-state index in [4.69, 9.17) is 0 Å². The van der Waals surface area contributed by atoms with Crippen LogP contribution in [-0.4, -0.2) is 27.0 Å². The standard InChI is InChI=1S/C18H14N4O2S2/c1-10-16(23)20-13-8-11(5-6-15(13)26-10)17(24)22-18-21-14(9-25-18)12-4-2-3-7-19-12/h2-10H,1H3,(H,20,23)(H,21,22,24)/t10-/m1/s1. The van der Waals surface area contributed by atoms with Gasteiger partial charge in [-0.05, 0) is 37.3 Å². The van der Waals surface area contributed by atoms with Crippen LogP contribution < -0.4 is 10.6 Å². The summed E-state index contributed by atoms with van der Waals surface area (Å²) in [6, 6.07) is 10.9. The average molecular weight is 382 g/mol. The lowest BCUT2D eigenvalue weighted by Crippen LogP contribution is -2.26. The molecular weight excluding hydrogens is 368 g/mol. The summed E-state index contributed by atoms with van der Waals surface area (Å²) in [5.41, 5.74) is 2.61. The number of carbonyl (C=O) groups is 2. The van der Waals surface area contributed by atoms with Crippen molar-refractivity contribution in [2.45, 2.75) is 17.1 Å². The quantitative estimate of drug-likeness (QED) is 0.718. The first-order valence-corrected chi connectivity index (χ1v) is 9.66. The first kappa shape index (κ1) is 16.7. The highest BCUT2D eigenvalue weighted by atomic mass is 32.2. The summed E-state index contributed by atoms with van der Waals surface area (Å²) in [6.07, 6.45) is 1.70. The fourth-order valence-corrected chi connectivity index (χ4v) is 4.11. The van der Waals surface area contributed by atoms with Crippen LogP contribution in [0.25, 0.3) is 11.4 Å². The van der Waals surface area contributed by atoms with E-state index in [2.05, 4.69) is 20.6 Å². The van der Waals surface area contributed by atoms with E-state index >= 15 is 0 Å².